The number of hydrogen-bond acceptors (Lipinski definition) is 4. The molecular weight excluding hydrogens is 298 g/mol. The van der Waals surface area contributed by atoms with E-state index in [2.05, 4.69) is 0 Å². The van der Waals surface area contributed by atoms with Crippen LogP contribution in [0, 0.1) is 6.92 Å². The summed E-state index contributed by atoms with van der Waals surface area (Å²) in [5, 5.41) is 9.08. The molecule has 0 bridgehead atoms. The zero-order chi connectivity index (χ0) is 15.5. The quantitative estimate of drug-likeness (QED) is 0.869. The molecule has 0 radical (unpaired) electrons. The van der Waals surface area contributed by atoms with Crippen LogP contribution in [0.25, 0.3) is 0 Å². The Kier molecular flexibility index (Phi) is 5.61. The van der Waals surface area contributed by atoms with Crippen LogP contribution in [-0.4, -0.2) is 48.9 Å². The van der Waals surface area contributed by atoms with E-state index in [0.717, 1.165) is 0 Å². The van der Waals surface area contributed by atoms with E-state index >= 15 is 0 Å². The van der Waals surface area contributed by atoms with Gasteiger partial charge in [-0.15, -0.1) is 0 Å². The molecule has 1 aromatic carbocycles. The fraction of sp³-hybridized carbons (Fsp3) is 0.462. The summed E-state index contributed by atoms with van der Waals surface area (Å²) in [5.41, 5.74) is 0.278. The van der Waals surface area contributed by atoms with Crippen LogP contribution < -0.4 is 0 Å². The predicted octanol–water partition coefficient (Wildman–Crippen LogP) is 2.07. The number of nitrogens with zero attached hydrogens (tertiary/aromatic N) is 1. The average molecular weight is 317 g/mol. The van der Waals surface area contributed by atoms with E-state index in [4.69, 9.17) is 5.11 Å². The van der Waals surface area contributed by atoms with Crippen molar-refractivity contribution in [3.8, 4) is 0 Å². The Bertz CT molecular complexity index is 598. The van der Waals surface area contributed by atoms with E-state index in [1.807, 2.05) is 13.2 Å². The molecule has 0 aliphatic carbocycles. The maximum Gasteiger partial charge on any atom is 0.335 e. The lowest BCUT2D eigenvalue weighted by atomic mass is 10.1. The molecule has 0 fully saturated rings. The van der Waals surface area contributed by atoms with Gasteiger partial charge in [-0.1, -0.05) is 6.07 Å². The summed E-state index contributed by atoms with van der Waals surface area (Å²) in [7, 11) is -2.17. The van der Waals surface area contributed by atoms with Gasteiger partial charge in [0, 0.05) is 18.8 Å². The maximum absolute atomic E-state index is 12.6. The molecule has 0 aliphatic heterocycles. The van der Waals surface area contributed by atoms with Gasteiger partial charge in [-0.05, 0) is 37.8 Å². The van der Waals surface area contributed by atoms with Gasteiger partial charge >= 0.3 is 5.97 Å². The van der Waals surface area contributed by atoms with E-state index in [1.165, 1.54) is 36.5 Å². The number of carboxylic acids is 1. The van der Waals surface area contributed by atoms with Gasteiger partial charge in [-0.2, -0.15) is 16.1 Å². The van der Waals surface area contributed by atoms with Gasteiger partial charge in [0.2, 0.25) is 10.0 Å². The summed E-state index contributed by atoms with van der Waals surface area (Å²) in [6.07, 6.45) is 1.91. The van der Waals surface area contributed by atoms with E-state index in [-0.39, 0.29) is 22.1 Å². The lowest BCUT2D eigenvalue weighted by Crippen LogP contribution is -2.37. The van der Waals surface area contributed by atoms with Crippen molar-refractivity contribution in [2.45, 2.75) is 24.8 Å². The topological polar surface area (TPSA) is 74.7 Å². The van der Waals surface area contributed by atoms with Crippen LogP contribution >= 0.6 is 11.8 Å². The zero-order valence-corrected chi connectivity index (χ0v) is 13.6. The summed E-state index contributed by atoms with van der Waals surface area (Å²) in [4.78, 5) is 11.1. The first-order valence-electron chi connectivity index (χ1n) is 6.03. The number of hydrogen-bond donors (Lipinski definition) is 1. The molecule has 20 heavy (non-hydrogen) atoms. The number of rotatable bonds is 6. The highest BCUT2D eigenvalue weighted by Crippen LogP contribution is 2.23. The second-order valence-electron chi connectivity index (χ2n) is 4.56. The van der Waals surface area contributed by atoms with E-state index in [9.17, 15) is 13.2 Å². The molecule has 1 atom stereocenters. The molecule has 112 valence electrons. The van der Waals surface area contributed by atoms with Crippen LogP contribution in [0.15, 0.2) is 23.1 Å². The highest BCUT2D eigenvalue weighted by atomic mass is 32.2. The molecule has 1 unspecified atom stereocenters. The van der Waals surface area contributed by atoms with Crippen molar-refractivity contribution in [3.05, 3.63) is 29.3 Å². The maximum atomic E-state index is 12.6. The third-order valence-corrected chi connectivity index (χ3v) is 6.13. The standard InChI is InChI=1S/C13H19NO4S2/c1-9(8-19-4)14(3)20(17,18)12-7-5-6-11(10(12)2)13(15)16/h5-7,9H,8H2,1-4H3,(H,15,16). The first-order valence-corrected chi connectivity index (χ1v) is 8.86. The molecule has 0 spiro atoms. The first-order chi connectivity index (χ1) is 9.23. The summed E-state index contributed by atoms with van der Waals surface area (Å²) in [5.74, 6) is -0.452. The Morgan fingerprint density at radius 1 is 1.45 bits per heavy atom. The lowest BCUT2D eigenvalue weighted by molar-refractivity contribution is 0.0696. The van der Waals surface area contributed by atoms with Crippen molar-refractivity contribution in [2.75, 3.05) is 19.1 Å². The molecule has 0 saturated heterocycles. The average Bonchev–Trinajstić information content (AvgIpc) is 2.37. The van der Waals surface area contributed by atoms with Gasteiger partial charge in [-0.3, -0.25) is 0 Å². The number of thioether (sulfide) groups is 1. The zero-order valence-electron chi connectivity index (χ0n) is 12.0. The molecule has 0 amide bonds. The highest BCUT2D eigenvalue weighted by Gasteiger charge is 2.28. The molecule has 0 saturated carbocycles. The summed E-state index contributed by atoms with van der Waals surface area (Å²) >= 11 is 1.56. The van der Waals surface area contributed by atoms with Gasteiger partial charge in [0.15, 0.2) is 0 Å². The fourth-order valence-electron chi connectivity index (χ4n) is 1.86. The fourth-order valence-corrected chi connectivity index (χ4v) is 4.27. The normalized spacial score (nSPS) is 13.4. The molecular formula is C13H19NO4S2. The van der Waals surface area contributed by atoms with Crippen LogP contribution in [0.4, 0.5) is 0 Å². The van der Waals surface area contributed by atoms with E-state index in [0.29, 0.717) is 5.75 Å². The molecule has 1 rings (SSSR count). The van der Waals surface area contributed by atoms with Gasteiger partial charge < -0.3 is 5.11 Å². The number of sulfonamides is 1. The van der Waals surface area contributed by atoms with Crippen molar-refractivity contribution in [2.24, 2.45) is 0 Å². The van der Waals surface area contributed by atoms with Crippen molar-refractivity contribution >= 4 is 27.8 Å². The Balaban J connectivity index is 3.29. The van der Waals surface area contributed by atoms with Crippen LogP contribution in [0.3, 0.4) is 0 Å². The van der Waals surface area contributed by atoms with Crippen LogP contribution in [-0.2, 0) is 10.0 Å². The number of carbonyl (C=O) groups is 1. The van der Waals surface area contributed by atoms with Gasteiger partial charge in [0.25, 0.3) is 0 Å². The van der Waals surface area contributed by atoms with Crippen molar-refractivity contribution in [1.29, 1.82) is 0 Å². The Labute approximate surface area is 124 Å². The molecule has 0 aliphatic rings. The minimum Gasteiger partial charge on any atom is -0.478 e. The van der Waals surface area contributed by atoms with Crippen molar-refractivity contribution in [3.63, 3.8) is 0 Å². The lowest BCUT2D eigenvalue weighted by Gasteiger charge is -2.24. The third kappa shape index (κ3) is 3.34. The van der Waals surface area contributed by atoms with Crippen LogP contribution in [0.1, 0.15) is 22.8 Å². The van der Waals surface area contributed by atoms with Crippen LogP contribution in [0.5, 0.6) is 0 Å². The summed E-state index contributed by atoms with van der Waals surface area (Å²) < 4.78 is 26.4. The number of carboxylic acid groups (broad SMARTS) is 1. The number of aromatic carboxylic acids is 1. The Morgan fingerprint density at radius 3 is 2.55 bits per heavy atom. The molecule has 7 heteroatoms. The molecule has 1 N–H and O–H groups in total. The second-order valence-corrected chi connectivity index (χ2v) is 7.44. The third-order valence-electron chi connectivity index (χ3n) is 3.20. The Hall–Kier alpha value is -1.05. The molecule has 1 aromatic rings. The minimum absolute atomic E-state index is 0.0111. The molecule has 0 heterocycles. The SMILES string of the molecule is CSCC(C)N(C)S(=O)(=O)c1cccc(C(=O)O)c1C. The summed E-state index contributed by atoms with van der Waals surface area (Å²) in [6, 6.07) is 4.14. The molecule has 0 aromatic heterocycles. The smallest absolute Gasteiger partial charge is 0.335 e. The van der Waals surface area contributed by atoms with Crippen LogP contribution in [0.2, 0.25) is 0 Å². The summed E-state index contributed by atoms with van der Waals surface area (Å²) in [6.45, 7) is 3.34. The van der Waals surface area contributed by atoms with Crippen molar-refractivity contribution < 1.29 is 18.3 Å². The monoisotopic (exact) mass is 317 g/mol. The van der Waals surface area contributed by atoms with Gasteiger partial charge in [0.05, 0.1) is 10.5 Å². The van der Waals surface area contributed by atoms with Gasteiger partial charge in [0.1, 0.15) is 0 Å². The second kappa shape index (κ2) is 6.60. The predicted molar refractivity (Wildman–Crippen MR) is 80.9 cm³/mol. The van der Waals surface area contributed by atoms with E-state index in [1.54, 1.807) is 11.8 Å². The largest absolute Gasteiger partial charge is 0.478 e. The number of benzene rings is 1. The van der Waals surface area contributed by atoms with Gasteiger partial charge in [-0.25, -0.2) is 13.2 Å². The van der Waals surface area contributed by atoms with Crippen molar-refractivity contribution in [1.82, 2.24) is 4.31 Å². The highest BCUT2D eigenvalue weighted by molar-refractivity contribution is 7.98. The minimum atomic E-state index is -3.69. The molecule has 5 nitrogen and oxygen atoms in total. The first kappa shape index (κ1) is 17.0. The Morgan fingerprint density at radius 2 is 2.05 bits per heavy atom. The van der Waals surface area contributed by atoms with E-state index < -0.39 is 16.0 Å².